The molecule has 0 saturated carbocycles. The Kier molecular flexibility index (Phi) is 7.69. The molecule has 3 aromatic rings. The van der Waals surface area contributed by atoms with Crippen LogP contribution in [-0.2, 0) is 19.5 Å². The van der Waals surface area contributed by atoms with E-state index in [9.17, 15) is 8.42 Å². The molecular formula is C27H32N6O6S. The number of hydrogen-bond acceptors (Lipinski definition) is 11. The van der Waals surface area contributed by atoms with Gasteiger partial charge in [0, 0.05) is 37.9 Å². The van der Waals surface area contributed by atoms with Crippen LogP contribution in [0.4, 0.5) is 17.2 Å². The number of aliphatic hydroxyl groups is 1. The van der Waals surface area contributed by atoms with Crippen LogP contribution in [0, 0.1) is 0 Å². The van der Waals surface area contributed by atoms with Gasteiger partial charge in [0.1, 0.15) is 5.82 Å². The molecule has 212 valence electrons. The van der Waals surface area contributed by atoms with Crippen molar-refractivity contribution in [3.05, 3.63) is 48.7 Å². The van der Waals surface area contributed by atoms with Crippen LogP contribution in [0.15, 0.2) is 53.1 Å². The van der Waals surface area contributed by atoms with Gasteiger partial charge in [-0.25, -0.2) is 13.4 Å². The minimum absolute atomic E-state index is 0.0553. The number of morpholine rings is 1. The number of aliphatic hydroxyl groups excluding tert-OH is 1. The smallest absolute Gasteiger partial charge is 0.250 e. The third kappa shape index (κ3) is 5.97. The number of benzene rings is 1. The number of ether oxygens (including phenoxy) is 2. The number of pyridine rings is 1. The Morgan fingerprint density at radius 2 is 1.88 bits per heavy atom. The third-order valence-electron chi connectivity index (χ3n) is 7.26. The van der Waals surface area contributed by atoms with Gasteiger partial charge in [0.2, 0.25) is 21.8 Å². The highest BCUT2D eigenvalue weighted by Crippen LogP contribution is 2.36. The van der Waals surface area contributed by atoms with Crippen molar-refractivity contribution >= 4 is 27.2 Å². The first-order chi connectivity index (χ1) is 19.5. The molecular weight excluding hydrogens is 536 g/mol. The summed E-state index contributed by atoms with van der Waals surface area (Å²) in [6, 6.07) is 8.99. The average molecular weight is 569 g/mol. The lowest BCUT2D eigenvalue weighted by Gasteiger charge is -2.34. The Labute approximate surface area is 232 Å². The molecule has 0 amide bonds. The molecule has 0 spiro atoms. The second-order valence-electron chi connectivity index (χ2n) is 9.99. The zero-order chi connectivity index (χ0) is 27.5. The zero-order valence-electron chi connectivity index (χ0n) is 22.0. The molecule has 0 aliphatic carbocycles. The summed E-state index contributed by atoms with van der Waals surface area (Å²) >= 11 is 0. The van der Waals surface area contributed by atoms with Crippen molar-refractivity contribution in [3.8, 4) is 22.9 Å². The molecule has 2 N–H and O–H groups in total. The molecule has 6 heterocycles. The predicted molar refractivity (Wildman–Crippen MR) is 150 cm³/mol. The lowest BCUT2D eigenvalue weighted by molar-refractivity contribution is 0.0528. The lowest BCUT2D eigenvalue weighted by atomic mass is 10.0. The van der Waals surface area contributed by atoms with Crippen molar-refractivity contribution in [3.63, 3.8) is 0 Å². The molecule has 2 fully saturated rings. The highest BCUT2D eigenvalue weighted by molar-refractivity contribution is 7.92. The number of piperidine rings is 1. The molecule has 4 aliphatic heterocycles. The van der Waals surface area contributed by atoms with Crippen molar-refractivity contribution in [1.82, 2.24) is 15.2 Å². The summed E-state index contributed by atoms with van der Waals surface area (Å²) in [4.78, 5) is 8.93. The first kappa shape index (κ1) is 26.7. The van der Waals surface area contributed by atoms with Crippen molar-refractivity contribution in [1.29, 1.82) is 0 Å². The van der Waals surface area contributed by atoms with Crippen LogP contribution < -0.4 is 14.5 Å². The van der Waals surface area contributed by atoms with Crippen LogP contribution in [0.25, 0.3) is 22.9 Å². The molecule has 1 atom stereocenters. The Bertz CT molecular complexity index is 1470. The van der Waals surface area contributed by atoms with Crippen molar-refractivity contribution in [2.45, 2.75) is 25.0 Å². The number of sulfonamides is 1. The number of fused-ring (bicyclic) bond motifs is 4. The standard InChI is InChI=1S/C27H32N6O6S/c34-12-15-40(35,36)31-20-3-4-23-24(17-20)32-9-6-21(7-10-32)37-13-1-2-22-18-33(11-14-38-22)25-16-19(5-8-28-25)26-29-30-27(23)39-26/h1-5,8,16-17,21-22,31,34H,6-7,9-15,18H2/b2-1+. The van der Waals surface area contributed by atoms with Crippen LogP contribution >= 0.6 is 0 Å². The van der Waals surface area contributed by atoms with E-state index in [1.165, 1.54) is 0 Å². The van der Waals surface area contributed by atoms with Crippen molar-refractivity contribution < 1.29 is 27.4 Å². The molecule has 4 aliphatic rings. The summed E-state index contributed by atoms with van der Waals surface area (Å²) in [5.74, 6) is 1.12. The summed E-state index contributed by atoms with van der Waals surface area (Å²) in [7, 11) is -3.69. The monoisotopic (exact) mass is 568 g/mol. The number of nitrogens with zero attached hydrogens (tertiary/aromatic N) is 5. The molecule has 8 bridgehead atoms. The van der Waals surface area contributed by atoms with E-state index in [-0.39, 0.29) is 18.0 Å². The normalized spacial score (nSPS) is 22.1. The molecule has 12 nitrogen and oxygen atoms in total. The van der Waals surface area contributed by atoms with E-state index in [4.69, 9.17) is 19.0 Å². The van der Waals surface area contributed by atoms with Gasteiger partial charge in [-0.2, -0.15) is 0 Å². The Morgan fingerprint density at radius 1 is 1.02 bits per heavy atom. The summed E-state index contributed by atoms with van der Waals surface area (Å²) in [6.45, 7) is 3.47. The maximum Gasteiger partial charge on any atom is 0.250 e. The highest BCUT2D eigenvalue weighted by atomic mass is 32.2. The first-order valence-electron chi connectivity index (χ1n) is 13.4. The fourth-order valence-electron chi connectivity index (χ4n) is 5.22. The van der Waals surface area contributed by atoms with Gasteiger partial charge < -0.3 is 28.8 Å². The summed E-state index contributed by atoms with van der Waals surface area (Å²) < 4.78 is 45.5. The number of anilines is 3. The van der Waals surface area contributed by atoms with Gasteiger partial charge in [0.15, 0.2) is 0 Å². The van der Waals surface area contributed by atoms with E-state index in [0.717, 1.165) is 36.5 Å². The summed E-state index contributed by atoms with van der Waals surface area (Å²) in [5, 5.41) is 17.8. The molecule has 2 aromatic heterocycles. The minimum atomic E-state index is -3.69. The van der Waals surface area contributed by atoms with Crippen LogP contribution in [0.2, 0.25) is 0 Å². The fourth-order valence-corrected chi connectivity index (χ4v) is 6.05. The van der Waals surface area contributed by atoms with E-state index in [2.05, 4.69) is 35.8 Å². The average Bonchev–Trinajstić information content (AvgIpc) is 3.46. The van der Waals surface area contributed by atoms with Crippen LogP contribution in [-0.4, -0.2) is 92.7 Å². The lowest BCUT2D eigenvalue weighted by Crippen LogP contribution is -2.42. The number of hydrogen-bond donors (Lipinski definition) is 2. The molecule has 2 saturated heterocycles. The molecule has 1 unspecified atom stereocenters. The Hall–Kier alpha value is -3.52. The van der Waals surface area contributed by atoms with Gasteiger partial charge >= 0.3 is 0 Å². The van der Waals surface area contributed by atoms with E-state index in [1.807, 2.05) is 18.2 Å². The van der Waals surface area contributed by atoms with Gasteiger partial charge in [-0.1, -0.05) is 12.2 Å². The van der Waals surface area contributed by atoms with E-state index < -0.39 is 16.6 Å². The van der Waals surface area contributed by atoms with E-state index in [0.29, 0.717) is 55.9 Å². The van der Waals surface area contributed by atoms with Crippen molar-refractivity contribution in [2.75, 3.05) is 66.3 Å². The maximum atomic E-state index is 12.3. The Balaban J connectivity index is 1.38. The second kappa shape index (κ2) is 11.5. The number of aromatic nitrogens is 3. The van der Waals surface area contributed by atoms with Crippen molar-refractivity contribution in [2.24, 2.45) is 0 Å². The highest BCUT2D eigenvalue weighted by Gasteiger charge is 2.26. The quantitative estimate of drug-likeness (QED) is 0.448. The van der Waals surface area contributed by atoms with Gasteiger partial charge in [0.25, 0.3) is 0 Å². The number of rotatable bonds is 4. The van der Waals surface area contributed by atoms with Crippen LogP contribution in [0.3, 0.4) is 0 Å². The van der Waals surface area contributed by atoms with E-state index >= 15 is 0 Å². The van der Waals surface area contributed by atoms with Gasteiger partial charge in [-0.05, 0) is 43.2 Å². The SMILES string of the molecule is O=S(=O)(CCO)Nc1ccc2c(c1)N1CCC(CC1)OC/C=C/C1CN(CCO1)c1cc(ccn1)-c1nnc-2o1. The van der Waals surface area contributed by atoms with Crippen LogP contribution in [0.5, 0.6) is 0 Å². The summed E-state index contributed by atoms with van der Waals surface area (Å²) in [6.07, 6.45) is 7.50. The molecule has 7 rings (SSSR count). The topological polar surface area (TPSA) is 143 Å². The van der Waals surface area contributed by atoms with Crippen LogP contribution in [0.1, 0.15) is 12.8 Å². The molecule has 0 radical (unpaired) electrons. The minimum Gasteiger partial charge on any atom is -0.416 e. The van der Waals surface area contributed by atoms with Gasteiger partial charge in [-0.15, -0.1) is 10.2 Å². The fraction of sp³-hybridized carbons (Fsp3) is 0.444. The second-order valence-corrected chi connectivity index (χ2v) is 11.8. The van der Waals surface area contributed by atoms with Gasteiger partial charge in [0.05, 0.1) is 54.7 Å². The largest absolute Gasteiger partial charge is 0.416 e. The van der Waals surface area contributed by atoms with Gasteiger partial charge in [-0.3, -0.25) is 4.72 Å². The first-order valence-corrected chi connectivity index (χ1v) is 15.1. The number of nitrogens with one attached hydrogen (secondary N) is 1. The zero-order valence-corrected chi connectivity index (χ0v) is 22.8. The molecule has 1 aromatic carbocycles. The molecule has 40 heavy (non-hydrogen) atoms. The van der Waals surface area contributed by atoms with E-state index in [1.54, 1.807) is 24.4 Å². The maximum absolute atomic E-state index is 12.3. The predicted octanol–water partition coefficient (Wildman–Crippen LogP) is 2.29. The Morgan fingerprint density at radius 3 is 2.73 bits per heavy atom. The molecule has 13 heteroatoms. The third-order valence-corrected chi connectivity index (χ3v) is 8.52. The summed E-state index contributed by atoms with van der Waals surface area (Å²) in [5.41, 5.74) is 2.64.